The van der Waals surface area contributed by atoms with E-state index >= 15 is 0 Å². The predicted molar refractivity (Wildman–Crippen MR) is 119 cm³/mol. The number of hydrogen-bond donors (Lipinski definition) is 1. The maximum Gasteiger partial charge on any atom is 0.343 e. The molecule has 8 heteroatoms. The van der Waals surface area contributed by atoms with Crippen molar-refractivity contribution in [2.24, 2.45) is 0 Å². The highest BCUT2D eigenvalue weighted by atomic mass is 35.5. The van der Waals surface area contributed by atoms with Crippen LogP contribution in [-0.4, -0.2) is 35.4 Å². The van der Waals surface area contributed by atoms with Crippen LogP contribution in [0.5, 0.6) is 5.75 Å². The van der Waals surface area contributed by atoms with Gasteiger partial charge in [-0.15, -0.1) is 0 Å². The summed E-state index contributed by atoms with van der Waals surface area (Å²) in [4.78, 5) is 24.1. The topological polar surface area (TPSA) is 82.4 Å². The maximum atomic E-state index is 12.9. The zero-order chi connectivity index (χ0) is 22.5. The summed E-state index contributed by atoms with van der Waals surface area (Å²) in [7, 11) is 1.30. The monoisotopic (exact) mass is 441 g/mol. The molecule has 3 rings (SSSR count). The van der Waals surface area contributed by atoms with E-state index in [2.05, 4.69) is 15.2 Å². The van der Waals surface area contributed by atoms with Crippen molar-refractivity contribution in [3.63, 3.8) is 0 Å². The molecular weight excluding hydrogens is 418 g/mol. The normalized spacial score (nSPS) is 10.6. The molecule has 0 atom stereocenters. The summed E-state index contributed by atoms with van der Waals surface area (Å²) in [6, 6.07) is 13.2. The van der Waals surface area contributed by atoms with Gasteiger partial charge in [-0.1, -0.05) is 41.4 Å². The van der Waals surface area contributed by atoms with Crippen LogP contribution in [-0.2, 0) is 16.1 Å². The van der Waals surface area contributed by atoms with Crippen molar-refractivity contribution in [3.8, 4) is 5.75 Å². The zero-order valence-electron chi connectivity index (χ0n) is 17.9. The highest BCUT2D eigenvalue weighted by Crippen LogP contribution is 2.25. The molecule has 0 aliphatic carbocycles. The molecule has 0 unspecified atom stereocenters. The Kier molecular flexibility index (Phi) is 6.97. The molecule has 31 heavy (non-hydrogen) atoms. The third-order valence-corrected chi connectivity index (χ3v) is 5.16. The average Bonchev–Trinajstić information content (AvgIpc) is 3.02. The standard InChI is InChI=1S/C23H24ClN3O4/c1-14-5-7-17(8-6-14)12-27-22(24)21(16(3)26-27)23(29)25-19-10-9-18(11-15(19)2)31-13-20(28)30-4/h5-11H,12-13H2,1-4H3,(H,25,29). The summed E-state index contributed by atoms with van der Waals surface area (Å²) in [6.45, 7) is 5.89. The number of anilines is 1. The molecule has 1 heterocycles. The molecule has 1 amide bonds. The number of carbonyl (C=O) groups excluding carboxylic acids is 2. The van der Waals surface area contributed by atoms with Crippen molar-refractivity contribution in [2.75, 3.05) is 19.0 Å². The zero-order valence-corrected chi connectivity index (χ0v) is 18.6. The van der Waals surface area contributed by atoms with Crippen LogP contribution in [0.2, 0.25) is 5.15 Å². The van der Waals surface area contributed by atoms with Gasteiger partial charge in [0.25, 0.3) is 5.91 Å². The Morgan fingerprint density at radius 2 is 1.81 bits per heavy atom. The Labute approximate surface area is 185 Å². The van der Waals surface area contributed by atoms with Crippen LogP contribution in [0, 0.1) is 20.8 Å². The molecule has 0 aliphatic rings. The number of halogens is 1. The van der Waals surface area contributed by atoms with Gasteiger partial charge in [-0.05, 0) is 50.1 Å². The van der Waals surface area contributed by atoms with Gasteiger partial charge in [0.05, 0.1) is 24.9 Å². The Balaban J connectivity index is 1.74. The lowest BCUT2D eigenvalue weighted by Gasteiger charge is -2.11. The third kappa shape index (κ3) is 5.44. The lowest BCUT2D eigenvalue weighted by atomic mass is 10.1. The average molecular weight is 442 g/mol. The molecule has 0 spiro atoms. The first-order valence-corrected chi connectivity index (χ1v) is 10.1. The lowest BCUT2D eigenvalue weighted by molar-refractivity contribution is -0.142. The Hall–Kier alpha value is -3.32. The van der Waals surface area contributed by atoms with Crippen LogP contribution >= 0.6 is 11.6 Å². The molecule has 1 N–H and O–H groups in total. The number of benzene rings is 2. The van der Waals surface area contributed by atoms with E-state index in [1.807, 2.05) is 38.1 Å². The number of carbonyl (C=O) groups is 2. The quantitative estimate of drug-likeness (QED) is 0.552. The van der Waals surface area contributed by atoms with Crippen molar-refractivity contribution in [1.82, 2.24) is 9.78 Å². The molecule has 0 saturated heterocycles. The molecule has 162 valence electrons. The van der Waals surface area contributed by atoms with Gasteiger partial charge < -0.3 is 14.8 Å². The highest BCUT2D eigenvalue weighted by Gasteiger charge is 2.21. The van der Waals surface area contributed by atoms with Crippen molar-refractivity contribution < 1.29 is 19.1 Å². The number of hydrogen-bond acceptors (Lipinski definition) is 5. The number of nitrogens with zero attached hydrogens (tertiary/aromatic N) is 2. The Morgan fingerprint density at radius 3 is 2.45 bits per heavy atom. The Bertz CT molecular complexity index is 1110. The SMILES string of the molecule is COC(=O)COc1ccc(NC(=O)c2c(C)nn(Cc3ccc(C)cc3)c2Cl)c(C)c1. The first-order chi connectivity index (χ1) is 14.8. The maximum absolute atomic E-state index is 12.9. The van der Waals surface area contributed by atoms with E-state index in [1.54, 1.807) is 29.8 Å². The second kappa shape index (κ2) is 9.66. The molecular formula is C23H24ClN3O4. The van der Waals surface area contributed by atoms with Gasteiger partial charge in [0.2, 0.25) is 0 Å². The van der Waals surface area contributed by atoms with Crippen molar-refractivity contribution >= 4 is 29.2 Å². The molecule has 3 aromatic rings. The minimum Gasteiger partial charge on any atom is -0.482 e. The van der Waals surface area contributed by atoms with Gasteiger partial charge in [-0.3, -0.25) is 4.79 Å². The summed E-state index contributed by atoms with van der Waals surface area (Å²) in [5, 5.41) is 7.59. The third-order valence-electron chi connectivity index (χ3n) is 4.78. The minimum atomic E-state index is -0.470. The van der Waals surface area contributed by atoms with Crippen molar-refractivity contribution in [3.05, 3.63) is 75.6 Å². The van der Waals surface area contributed by atoms with E-state index in [9.17, 15) is 9.59 Å². The molecule has 0 aliphatic heterocycles. The van der Waals surface area contributed by atoms with E-state index in [1.165, 1.54) is 12.7 Å². The van der Waals surface area contributed by atoms with Gasteiger partial charge in [0.1, 0.15) is 10.9 Å². The number of rotatable bonds is 7. The molecule has 0 fully saturated rings. The van der Waals surface area contributed by atoms with Gasteiger partial charge in [0, 0.05) is 5.69 Å². The number of ether oxygens (including phenoxy) is 2. The summed E-state index contributed by atoms with van der Waals surface area (Å²) in [6.07, 6.45) is 0. The van der Waals surface area contributed by atoms with Gasteiger partial charge >= 0.3 is 5.97 Å². The van der Waals surface area contributed by atoms with Crippen molar-refractivity contribution in [2.45, 2.75) is 27.3 Å². The fourth-order valence-electron chi connectivity index (χ4n) is 3.03. The lowest BCUT2D eigenvalue weighted by Crippen LogP contribution is -2.15. The summed E-state index contributed by atoms with van der Waals surface area (Å²) in [5.74, 6) is -0.312. The fourth-order valence-corrected chi connectivity index (χ4v) is 3.35. The van der Waals surface area contributed by atoms with Crippen LogP contribution in [0.15, 0.2) is 42.5 Å². The molecule has 0 bridgehead atoms. The second-order valence-electron chi connectivity index (χ2n) is 7.19. The van der Waals surface area contributed by atoms with E-state index in [0.29, 0.717) is 29.2 Å². The summed E-state index contributed by atoms with van der Waals surface area (Å²) < 4.78 is 11.5. The number of methoxy groups -OCH3 is 1. The first-order valence-electron chi connectivity index (χ1n) is 9.68. The van der Waals surface area contributed by atoms with E-state index in [4.69, 9.17) is 16.3 Å². The minimum absolute atomic E-state index is 0.184. The summed E-state index contributed by atoms with van der Waals surface area (Å²) in [5.41, 5.74) is 4.47. The van der Waals surface area contributed by atoms with Crippen LogP contribution in [0.1, 0.15) is 32.7 Å². The van der Waals surface area contributed by atoms with Crippen LogP contribution in [0.4, 0.5) is 5.69 Å². The number of aryl methyl sites for hydroxylation is 3. The Morgan fingerprint density at radius 1 is 1.10 bits per heavy atom. The van der Waals surface area contributed by atoms with Gasteiger partial charge in [0.15, 0.2) is 6.61 Å². The number of aromatic nitrogens is 2. The summed E-state index contributed by atoms with van der Waals surface area (Å²) >= 11 is 6.50. The molecule has 0 saturated carbocycles. The number of amides is 1. The fraction of sp³-hybridized carbons (Fsp3) is 0.261. The van der Waals surface area contributed by atoms with Crippen LogP contribution < -0.4 is 10.1 Å². The smallest absolute Gasteiger partial charge is 0.343 e. The largest absolute Gasteiger partial charge is 0.482 e. The van der Waals surface area contributed by atoms with E-state index in [-0.39, 0.29) is 17.7 Å². The first kappa shape index (κ1) is 22.4. The molecule has 7 nitrogen and oxygen atoms in total. The van der Waals surface area contributed by atoms with Gasteiger partial charge in [-0.25, -0.2) is 9.48 Å². The molecule has 2 aromatic carbocycles. The van der Waals surface area contributed by atoms with E-state index in [0.717, 1.165) is 11.1 Å². The van der Waals surface area contributed by atoms with Gasteiger partial charge in [-0.2, -0.15) is 5.10 Å². The second-order valence-corrected chi connectivity index (χ2v) is 7.55. The van der Waals surface area contributed by atoms with Crippen LogP contribution in [0.25, 0.3) is 0 Å². The predicted octanol–water partition coefficient (Wildman–Crippen LogP) is 4.31. The van der Waals surface area contributed by atoms with Crippen LogP contribution in [0.3, 0.4) is 0 Å². The van der Waals surface area contributed by atoms with E-state index < -0.39 is 5.97 Å². The van der Waals surface area contributed by atoms with Crippen molar-refractivity contribution in [1.29, 1.82) is 0 Å². The molecule has 1 aromatic heterocycles. The number of nitrogens with one attached hydrogen (secondary N) is 1. The number of esters is 1. The highest BCUT2D eigenvalue weighted by molar-refractivity contribution is 6.33. The molecule has 0 radical (unpaired) electrons.